The number of aryl methyl sites for hydroxylation is 2. The Morgan fingerprint density at radius 1 is 1.53 bits per heavy atom. The van der Waals surface area contributed by atoms with Crippen LogP contribution in [0.2, 0.25) is 0 Å². The van der Waals surface area contributed by atoms with Gasteiger partial charge in [-0.3, -0.25) is 4.68 Å². The molecule has 0 saturated heterocycles. The van der Waals surface area contributed by atoms with Crippen LogP contribution < -0.4 is 0 Å². The summed E-state index contributed by atoms with van der Waals surface area (Å²) in [5, 5.41) is 8.03. The smallest absolute Gasteiger partial charge is 0.276 e. The van der Waals surface area contributed by atoms with Gasteiger partial charge in [0.25, 0.3) is 5.89 Å². The molecule has 2 aromatic heterocycles. The first-order valence-corrected chi connectivity index (χ1v) is 5.21. The fourth-order valence-electron chi connectivity index (χ4n) is 1.37. The molecule has 0 aromatic carbocycles. The third-order valence-electron chi connectivity index (χ3n) is 2.01. The van der Waals surface area contributed by atoms with Crippen LogP contribution in [0.5, 0.6) is 0 Å². The van der Waals surface area contributed by atoms with Crippen molar-refractivity contribution < 1.29 is 4.52 Å². The molecule has 0 aliphatic heterocycles. The van der Waals surface area contributed by atoms with Crippen LogP contribution in [0.15, 0.2) is 10.6 Å². The van der Waals surface area contributed by atoms with E-state index in [1.807, 2.05) is 24.6 Å². The number of nitrogens with zero attached hydrogens (tertiary/aromatic N) is 4. The minimum absolute atomic E-state index is 0.253. The summed E-state index contributed by atoms with van der Waals surface area (Å²) in [5.74, 6) is 1.21. The lowest BCUT2D eigenvalue weighted by molar-refractivity contribution is 0.420. The van der Waals surface area contributed by atoms with Gasteiger partial charge in [-0.15, -0.1) is 11.6 Å². The molecule has 2 aromatic rings. The van der Waals surface area contributed by atoms with Gasteiger partial charge < -0.3 is 4.52 Å². The molecule has 0 amide bonds. The molecule has 80 valence electrons. The summed E-state index contributed by atoms with van der Waals surface area (Å²) in [6, 6.07) is 1.91. The van der Waals surface area contributed by atoms with Gasteiger partial charge in [0, 0.05) is 6.54 Å². The Balaban J connectivity index is 2.43. The van der Waals surface area contributed by atoms with Crippen molar-refractivity contribution in [3.05, 3.63) is 17.6 Å². The summed E-state index contributed by atoms with van der Waals surface area (Å²) >= 11 is 5.60. The Bertz CT molecular complexity index is 462. The highest BCUT2D eigenvalue weighted by atomic mass is 35.5. The van der Waals surface area contributed by atoms with Crippen LogP contribution in [0.1, 0.15) is 18.4 Å². The van der Waals surface area contributed by atoms with E-state index < -0.39 is 0 Å². The normalized spacial score (nSPS) is 10.9. The highest BCUT2D eigenvalue weighted by Gasteiger charge is 2.13. The average Bonchev–Trinajstić information content (AvgIpc) is 2.82. The molecule has 5 nitrogen and oxygen atoms in total. The number of aromatic nitrogens is 4. The van der Waals surface area contributed by atoms with E-state index in [1.165, 1.54) is 0 Å². The van der Waals surface area contributed by atoms with Crippen molar-refractivity contribution in [1.82, 2.24) is 19.9 Å². The van der Waals surface area contributed by atoms with Crippen LogP contribution in [0, 0.1) is 6.92 Å². The molecule has 0 atom stereocenters. The fourth-order valence-corrected chi connectivity index (χ4v) is 1.48. The molecule has 0 aliphatic carbocycles. The van der Waals surface area contributed by atoms with E-state index in [9.17, 15) is 0 Å². The van der Waals surface area contributed by atoms with E-state index in [1.54, 1.807) is 0 Å². The highest BCUT2D eigenvalue weighted by Crippen LogP contribution is 2.18. The second-order valence-electron chi connectivity index (χ2n) is 3.14. The molecular weight excluding hydrogens is 216 g/mol. The number of alkyl halides is 1. The number of halogens is 1. The van der Waals surface area contributed by atoms with Gasteiger partial charge in [0.2, 0.25) is 0 Å². The Morgan fingerprint density at radius 2 is 2.33 bits per heavy atom. The van der Waals surface area contributed by atoms with Gasteiger partial charge in [-0.2, -0.15) is 10.1 Å². The quantitative estimate of drug-likeness (QED) is 0.752. The first-order chi connectivity index (χ1) is 7.24. The topological polar surface area (TPSA) is 56.7 Å². The molecule has 15 heavy (non-hydrogen) atoms. The van der Waals surface area contributed by atoms with Crippen LogP contribution in [0.4, 0.5) is 0 Å². The van der Waals surface area contributed by atoms with Crippen molar-refractivity contribution >= 4 is 11.6 Å². The molecule has 0 radical (unpaired) electrons. The summed E-state index contributed by atoms with van der Waals surface area (Å²) in [7, 11) is 0. The molecule has 0 fully saturated rings. The molecule has 6 heteroatoms. The molecule has 2 heterocycles. The van der Waals surface area contributed by atoms with Crippen molar-refractivity contribution in [2.45, 2.75) is 26.3 Å². The maximum absolute atomic E-state index is 5.60. The fraction of sp³-hybridized carbons (Fsp3) is 0.444. The largest absolute Gasteiger partial charge is 0.332 e. The van der Waals surface area contributed by atoms with Gasteiger partial charge in [0.1, 0.15) is 5.69 Å². The van der Waals surface area contributed by atoms with E-state index in [0.29, 0.717) is 11.7 Å². The Morgan fingerprint density at radius 3 is 2.93 bits per heavy atom. The number of hydrogen-bond acceptors (Lipinski definition) is 4. The van der Waals surface area contributed by atoms with Crippen LogP contribution in [0.25, 0.3) is 11.6 Å². The first kappa shape index (κ1) is 10.2. The average molecular weight is 227 g/mol. The van der Waals surface area contributed by atoms with Gasteiger partial charge in [0.05, 0.1) is 11.6 Å². The van der Waals surface area contributed by atoms with Crippen molar-refractivity contribution in [1.29, 1.82) is 0 Å². The summed E-state index contributed by atoms with van der Waals surface area (Å²) in [4.78, 5) is 4.15. The van der Waals surface area contributed by atoms with Crippen molar-refractivity contribution in [2.24, 2.45) is 0 Å². The summed E-state index contributed by atoms with van der Waals surface area (Å²) in [6.07, 6.45) is 0. The Kier molecular flexibility index (Phi) is 2.73. The maximum atomic E-state index is 5.60. The zero-order chi connectivity index (χ0) is 10.8. The van der Waals surface area contributed by atoms with Crippen molar-refractivity contribution in [2.75, 3.05) is 0 Å². The Labute approximate surface area is 92.0 Å². The van der Waals surface area contributed by atoms with Gasteiger partial charge in [-0.1, -0.05) is 5.16 Å². The monoisotopic (exact) mass is 226 g/mol. The van der Waals surface area contributed by atoms with Crippen LogP contribution in [0.3, 0.4) is 0 Å². The van der Waals surface area contributed by atoms with Gasteiger partial charge in [-0.05, 0) is 19.9 Å². The molecule has 0 N–H and O–H groups in total. The molecule has 0 aliphatic rings. The van der Waals surface area contributed by atoms with Gasteiger partial charge >= 0.3 is 0 Å². The van der Waals surface area contributed by atoms with E-state index in [-0.39, 0.29) is 5.88 Å². The van der Waals surface area contributed by atoms with Crippen LogP contribution in [-0.2, 0) is 12.4 Å². The predicted molar refractivity (Wildman–Crippen MR) is 55.5 cm³/mol. The second-order valence-corrected chi connectivity index (χ2v) is 3.40. The van der Waals surface area contributed by atoms with E-state index in [4.69, 9.17) is 16.1 Å². The highest BCUT2D eigenvalue weighted by molar-refractivity contribution is 6.16. The standard InChI is InChI=1S/C9H11ClN4O/c1-3-14-7(4-6(2)12-14)9-11-8(5-10)13-15-9/h4H,3,5H2,1-2H3. The van der Waals surface area contributed by atoms with E-state index in [2.05, 4.69) is 15.2 Å². The lowest BCUT2D eigenvalue weighted by Crippen LogP contribution is -1.99. The maximum Gasteiger partial charge on any atom is 0.276 e. The summed E-state index contributed by atoms with van der Waals surface area (Å²) < 4.78 is 6.91. The molecule has 0 spiro atoms. The zero-order valence-electron chi connectivity index (χ0n) is 8.57. The van der Waals surface area contributed by atoms with Crippen LogP contribution in [-0.4, -0.2) is 19.9 Å². The Hall–Kier alpha value is -1.36. The SMILES string of the molecule is CCn1nc(C)cc1-c1nc(CCl)no1. The third kappa shape index (κ3) is 1.87. The predicted octanol–water partition coefficient (Wildman–Crippen LogP) is 2.00. The molecule has 2 rings (SSSR count). The third-order valence-corrected chi connectivity index (χ3v) is 2.25. The van der Waals surface area contributed by atoms with Crippen LogP contribution >= 0.6 is 11.6 Å². The lowest BCUT2D eigenvalue weighted by atomic mass is 10.3. The molecular formula is C9H11ClN4O. The van der Waals surface area contributed by atoms with E-state index >= 15 is 0 Å². The zero-order valence-corrected chi connectivity index (χ0v) is 9.32. The van der Waals surface area contributed by atoms with Crippen molar-refractivity contribution in [3.63, 3.8) is 0 Å². The molecule has 0 saturated carbocycles. The number of rotatable bonds is 3. The second kappa shape index (κ2) is 4.02. The minimum atomic E-state index is 0.253. The summed E-state index contributed by atoms with van der Waals surface area (Å²) in [6.45, 7) is 4.70. The van der Waals surface area contributed by atoms with Crippen molar-refractivity contribution in [3.8, 4) is 11.6 Å². The first-order valence-electron chi connectivity index (χ1n) is 4.68. The number of hydrogen-bond donors (Lipinski definition) is 0. The van der Waals surface area contributed by atoms with E-state index in [0.717, 1.165) is 17.9 Å². The van der Waals surface area contributed by atoms with Gasteiger partial charge in [0.15, 0.2) is 5.82 Å². The molecule has 0 unspecified atom stereocenters. The molecule has 0 bridgehead atoms. The summed E-state index contributed by atoms with van der Waals surface area (Å²) in [5.41, 5.74) is 1.76. The minimum Gasteiger partial charge on any atom is -0.332 e. The lowest BCUT2D eigenvalue weighted by Gasteiger charge is -1.97. The van der Waals surface area contributed by atoms with Gasteiger partial charge in [-0.25, -0.2) is 0 Å².